The third kappa shape index (κ3) is 4.59. The largest absolute Gasteiger partial charge is 0.490 e. The normalized spacial score (nSPS) is 13.5. The molecule has 1 aromatic carbocycles. The zero-order valence-corrected chi connectivity index (χ0v) is 13.4. The van der Waals surface area contributed by atoms with Crippen molar-refractivity contribution in [3.63, 3.8) is 0 Å². The van der Waals surface area contributed by atoms with Crippen molar-refractivity contribution in [3.05, 3.63) is 28.5 Å². The molecule has 17 heavy (non-hydrogen) atoms. The minimum Gasteiger partial charge on any atom is -0.490 e. The van der Waals surface area contributed by atoms with E-state index in [2.05, 4.69) is 52.6 Å². The number of hydrogen-bond acceptors (Lipinski definition) is 1. The van der Waals surface area contributed by atoms with E-state index in [1.807, 2.05) is 0 Å². The summed E-state index contributed by atoms with van der Waals surface area (Å²) in [5, 5.41) is 0.839. The van der Waals surface area contributed by atoms with Gasteiger partial charge in [0.05, 0.1) is 6.61 Å². The van der Waals surface area contributed by atoms with Crippen LogP contribution in [0.1, 0.15) is 20.8 Å². The molecular formula is C13H17Br2FO. The van der Waals surface area contributed by atoms with Gasteiger partial charge in [-0.3, -0.25) is 0 Å². The quantitative estimate of drug-likeness (QED) is 0.678. The maximum atomic E-state index is 13.5. The zero-order chi connectivity index (χ0) is 13.1. The number of alkyl halides is 1. The first-order chi connectivity index (χ1) is 7.84. The molecule has 0 heterocycles. The van der Waals surface area contributed by atoms with Gasteiger partial charge in [-0.25, -0.2) is 4.39 Å². The van der Waals surface area contributed by atoms with Crippen molar-refractivity contribution in [2.24, 2.45) is 11.3 Å². The van der Waals surface area contributed by atoms with Gasteiger partial charge in [0.1, 0.15) is 0 Å². The molecule has 96 valence electrons. The number of hydrogen-bond donors (Lipinski definition) is 0. The molecule has 1 unspecified atom stereocenters. The summed E-state index contributed by atoms with van der Waals surface area (Å²) in [5.41, 5.74) is 0.131. The van der Waals surface area contributed by atoms with Crippen molar-refractivity contribution in [1.29, 1.82) is 0 Å². The third-order valence-electron chi connectivity index (χ3n) is 2.74. The van der Waals surface area contributed by atoms with Gasteiger partial charge >= 0.3 is 0 Å². The van der Waals surface area contributed by atoms with E-state index < -0.39 is 0 Å². The van der Waals surface area contributed by atoms with Crippen LogP contribution in [0.2, 0.25) is 0 Å². The van der Waals surface area contributed by atoms with E-state index in [0.29, 0.717) is 18.3 Å². The summed E-state index contributed by atoms with van der Waals surface area (Å²) in [6.45, 7) is 6.96. The fourth-order valence-electron chi connectivity index (χ4n) is 1.30. The Morgan fingerprint density at radius 3 is 2.53 bits per heavy atom. The second kappa shape index (κ2) is 6.19. The lowest BCUT2D eigenvalue weighted by Gasteiger charge is -2.29. The summed E-state index contributed by atoms with van der Waals surface area (Å²) in [4.78, 5) is 0. The van der Waals surface area contributed by atoms with Crippen LogP contribution in [0.15, 0.2) is 22.7 Å². The predicted molar refractivity (Wildman–Crippen MR) is 76.3 cm³/mol. The van der Waals surface area contributed by atoms with Crippen molar-refractivity contribution in [2.75, 3.05) is 11.9 Å². The highest BCUT2D eigenvalue weighted by atomic mass is 79.9. The van der Waals surface area contributed by atoms with Crippen LogP contribution in [0.4, 0.5) is 4.39 Å². The van der Waals surface area contributed by atoms with E-state index in [-0.39, 0.29) is 11.2 Å². The van der Waals surface area contributed by atoms with Crippen LogP contribution in [0.5, 0.6) is 5.75 Å². The number of benzene rings is 1. The smallest absolute Gasteiger partial charge is 0.165 e. The molecule has 0 amide bonds. The van der Waals surface area contributed by atoms with Gasteiger partial charge in [-0.15, -0.1) is 0 Å². The number of rotatable bonds is 4. The van der Waals surface area contributed by atoms with Gasteiger partial charge in [-0.1, -0.05) is 52.6 Å². The fraction of sp³-hybridized carbons (Fsp3) is 0.538. The van der Waals surface area contributed by atoms with E-state index in [1.54, 1.807) is 12.1 Å². The molecule has 1 nitrogen and oxygen atoms in total. The van der Waals surface area contributed by atoms with Gasteiger partial charge in [0.15, 0.2) is 11.6 Å². The van der Waals surface area contributed by atoms with Gasteiger partial charge < -0.3 is 4.74 Å². The van der Waals surface area contributed by atoms with Gasteiger partial charge in [0, 0.05) is 15.7 Å². The SMILES string of the molecule is CC(C)(C)C(CBr)COc1cc(Br)ccc1F. The van der Waals surface area contributed by atoms with Crippen molar-refractivity contribution in [3.8, 4) is 5.75 Å². The van der Waals surface area contributed by atoms with Crippen LogP contribution in [0.25, 0.3) is 0 Å². The highest BCUT2D eigenvalue weighted by Gasteiger charge is 2.24. The maximum Gasteiger partial charge on any atom is 0.165 e. The number of halogens is 3. The van der Waals surface area contributed by atoms with Crippen LogP contribution in [0.3, 0.4) is 0 Å². The molecule has 0 fully saturated rings. The Hall–Kier alpha value is -0.0900. The summed E-state index contributed by atoms with van der Waals surface area (Å²) in [6.07, 6.45) is 0. The van der Waals surface area contributed by atoms with E-state index in [9.17, 15) is 4.39 Å². The van der Waals surface area contributed by atoms with E-state index >= 15 is 0 Å². The fourth-order valence-corrected chi connectivity index (χ4v) is 2.80. The molecule has 0 bridgehead atoms. The molecule has 0 radical (unpaired) electrons. The molecule has 0 aliphatic heterocycles. The van der Waals surface area contributed by atoms with E-state index in [4.69, 9.17) is 4.74 Å². The van der Waals surface area contributed by atoms with Crippen molar-refractivity contribution in [2.45, 2.75) is 20.8 Å². The second-order valence-electron chi connectivity index (χ2n) is 5.10. The summed E-state index contributed by atoms with van der Waals surface area (Å²) >= 11 is 6.78. The van der Waals surface area contributed by atoms with Gasteiger partial charge in [0.25, 0.3) is 0 Å². The highest BCUT2D eigenvalue weighted by Crippen LogP contribution is 2.29. The summed E-state index contributed by atoms with van der Waals surface area (Å²) in [7, 11) is 0. The summed E-state index contributed by atoms with van der Waals surface area (Å²) in [6, 6.07) is 4.72. The lowest BCUT2D eigenvalue weighted by atomic mass is 9.83. The monoisotopic (exact) mass is 366 g/mol. The minimum absolute atomic E-state index is 0.131. The highest BCUT2D eigenvalue weighted by molar-refractivity contribution is 9.10. The lowest BCUT2D eigenvalue weighted by molar-refractivity contribution is 0.162. The van der Waals surface area contributed by atoms with Crippen molar-refractivity contribution < 1.29 is 9.13 Å². The average Bonchev–Trinajstić information content (AvgIpc) is 2.22. The minimum atomic E-state index is -0.324. The Balaban J connectivity index is 2.69. The first-order valence-corrected chi connectivity index (χ1v) is 7.40. The van der Waals surface area contributed by atoms with Crippen molar-refractivity contribution >= 4 is 31.9 Å². The second-order valence-corrected chi connectivity index (χ2v) is 6.67. The van der Waals surface area contributed by atoms with Crippen LogP contribution in [-0.2, 0) is 0 Å². The van der Waals surface area contributed by atoms with Gasteiger partial charge in [-0.2, -0.15) is 0 Å². The Bertz CT molecular complexity index is 374. The van der Waals surface area contributed by atoms with Gasteiger partial charge in [-0.05, 0) is 23.6 Å². The first kappa shape index (κ1) is 15.0. The van der Waals surface area contributed by atoms with Crippen LogP contribution in [-0.4, -0.2) is 11.9 Å². The number of ether oxygens (including phenoxy) is 1. The van der Waals surface area contributed by atoms with E-state index in [1.165, 1.54) is 6.07 Å². The molecule has 0 saturated heterocycles. The molecule has 0 spiro atoms. The average molecular weight is 368 g/mol. The Kier molecular flexibility index (Phi) is 5.45. The molecule has 1 aromatic rings. The third-order valence-corrected chi connectivity index (χ3v) is 4.02. The molecular weight excluding hydrogens is 351 g/mol. The van der Waals surface area contributed by atoms with Gasteiger partial charge in [0.2, 0.25) is 0 Å². The molecule has 0 N–H and O–H groups in total. The molecule has 0 aromatic heterocycles. The Morgan fingerprint density at radius 2 is 2.00 bits per heavy atom. The lowest BCUT2D eigenvalue weighted by Crippen LogP contribution is -2.28. The summed E-state index contributed by atoms with van der Waals surface area (Å²) < 4.78 is 19.8. The van der Waals surface area contributed by atoms with Crippen LogP contribution < -0.4 is 4.74 Å². The zero-order valence-electron chi connectivity index (χ0n) is 10.3. The van der Waals surface area contributed by atoms with Crippen LogP contribution in [0, 0.1) is 17.2 Å². The van der Waals surface area contributed by atoms with Crippen LogP contribution >= 0.6 is 31.9 Å². The van der Waals surface area contributed by atoms with E-state index in [0.717, 1.165) is 9.80 Å². The summed E-state index contributed by atoms with van der Waals surface area (Å²) in [5.74, 6) is 0.311. The molecule has 0 aliphatic rings. The Morgan fingerprint density at radius 1 is 1.35 bits per heavy atom. The Labute approximate surface area is 119 Å². The molecule has 1 rings (SSSR count). The first-order valence-electron chi connectivity index (χ1n) is 5.48. The predicted octanol–water partition coefficient (Wildman–Crippen LogP) is 5.02. The molecule has 0 saturated carbocycles. The topological polar surface area (TPSA) is 9.23 Å². The van der Waals surface area contributed by atoms with Crippen molar-refractivity contribution in [1.82, 2.24) is 0 Å². The molecule has 4 heteroatoms. The maximum absolute atomic E-state index is 13.5. The molecule has 0 aliphatic carbocycles. The standard InChI is InChI=1S/C13H17Br2FO/c1-13(2,3)9(7-14)8-17-12-6-10(15)4-5-11(12)16/h4-6,9H,7-8H2,1-3H3. The molecule has 1 atom stereocenters.